The number of nitro benzene ring substituents is 1. The quantitative estimate of drug-likeness (QED) is 0.219. The van der Waals surface area contributed by atoms with Gasteiger partial charge >= 0.3 is 0 Å². The van der Waals surface area contributed by atoms with Gasteiger partial charge in [-0.2, -0.15) is 5.26 Å². The molecule has 0 aromatic heterocycles. The fourth-order valence-corrected chi connectivity index (χ4v) is 6.32. The van der Waals surface area contributed by atoms with Gasteiger partial charge in [0.15, 0.2) is 5.78 Å². The van der Waals surface area contributed by atoms with Crippen LogP contribution in [0.5, 0.6) is 5.75 Å². The van der Waals surface area contributed by atoms with Crippen molar-refractivity contribution in [1.82, 2.24) is 0 Å². The first kappa shape index (κ1) is 30.1. The molecule has 0 saturated carbocycles. The number of aryl methyl sites for hydroxylation is 1. The second-order valence-corrected chi connectivity index (χ2v) is 12.6. The second-order valence-electron chi connectivity index (χ2n) is 11.8. The van der Waals surface area contributed by atoms with E-state index in [-0.39, 0.29) is 46.6 Å². The molecule has 220 valence electrons. The van der Waals surface area contributed by atoms with Crippen molar-refractivity contribution in [2.75, 3.05) is 4.90 Å². The number of nitrogens with zero attached hydrogens (tertiary/aromatic N) is 3. The Labute approximate surface area is 260 Å². The predicted octanol–water partition coefficient (Wildman–Crippen LogP) is 8.04. The van der Waals surface area contributed by atoms with E-state index >= 15 is 0 Å². The highest BCUT2D eigenvalue weighted by Crippen LogP contribution is 2.52. The zero-order valence-electron chi connectivity index (χ0n) is 24.2. The van der Waals surface area contributed by atoms with Crippen LogP contribution in [0.25, 0.3) is 0 Å². The molecule has 2 N–H and O–H groups in total. The highest BCUT2D eigenvalue weighted by atomic mass is 35.5. The maximum absolute atomic E-state index is 14.0. The van der Waals surface area contributed by atoms with Crippen LogP contribution in [0.15, 0.2) is 77.3 Å². The van der Waals surface area contributed by atoms with Crippen molar-refractivity contribution >= 4 is 40.4 Å². The van der Waals surface area contributed by atoms with Crippen LogP contribution in [0.3, 0.4) is 0 Å². The summed E-state index contributed by atoms with van der Waals surface area (Å²) in [5, 5.41) is 23.4. The molecular formula is C33H30Cl2N4O4. The summed E-state index contributed by atoms with van der Waals surface area (Å²) in [6, 6.07) is 17.6. The van der Waals surface area contributed by atoms with Crippen molar-refractivity contribution in [1.29, 1.82) is 5.26 Å². The minimum atomic E-state index is -0.750. The van der Waals surface area contributed by atoms with Gasteiger partial charge in [-0.25, -0.2) is 0 Å². The van der Waals surface area contributed by atoms with Crippen molar-refractivity contribution in [2.24, 2.45) is 11.1 Å². The standard InChI is InChI=1S/C33H30Cl2N4O4/c1-18-11-20(17-43-23-8-5-21(34)6-9-23)19(2)24(12-18)30-25(16-36)32(37)38(26-10-7-22(35)13-27(26)39(41)42)28-14-33(3,4)15-29(40)31(28)30/h5-13,30H,14-15,17,37H2,1-4H3. The van der Waals surface area contributed by atoms with Crippen LogP contribution in [-0.2, 0) is 11.4 Å². The first-order valence-electron chi connectivity index (χ1n) is 13.7. The van der Waals surface area contributed by atoms with Gasteiger partial charge in [-0.1, -0.05) is 54.7 Å². The minimum absolute atomic E-state index is 0.0436. The van der Waals surface area contributed by atoms with Crippen LogP contribution in [-0.4, -0.2) is 10.7 Å². The number of benzene rings is 3. The Bertz CT molecular complexity index is 1770. The maximum atomic E-state index is 14.0. The van der Waals surface area contributed by atoms with Crippen LogP contribution >= 0.6 is 23.2 Å². The number of carbonyl (C=O) groups excluding carboxylic acids is 1. The number of nitro groups is 1. The Balaban J connectivity index is 1.70. The van der Waals surface area contributed by atoms with E-state index in [0.29, 0.717) is 28.5 Å². The van der Waals surface area contributed by atoms with Crippen molar-refractivity contribution < 1.29 is 14.5 Å². The molecule has 0 amide bonds. The predicted molar refractivity (Wildman–Crippen MR) is 167 cm³/mol. The summed E-state index contributed by atoms with van der Waals surface area (Å²) in [4.78, 5) is 27.1. The maximum Gasteiger partial charge on any atom is 0.294 e. The lowest BCUT2D eigenvalue weighted by Crippen LogP contribution is -2.42. The highest BCUT2D eigenvalue weighted by Gasteiger charge is 2.46. The fraction of sp³-hybridized carbons (Fsp3) is 0.273. The summed E-state index contributed by atoms with van der Waals surface area (Å²) in [5.74, 6) is -0.179. The van der Waals surface area contributed by atoms with E-state index in [0.717, 1.165) is 22.3 Å². The van der Waals surface area contributed by atoms with E-state index in [2.05, 4.69) is 6.07 Å². The molecule has 0 fully saturated rings. The lowest BCUT2D eigenvalue weighted by Gasteiger charge is -2.43. The van der Waals surface area contributed by atoms with Gasteiger partial charge in [-0.15, -0.1) is 0 Å². The van der Waals surface area contributed by atoms with E-state index < -0.39 is 16.3 Å². The molecule has 8 nitrogen and oxygen atoms in total. The third-order valence-corrected chi connectivity index (χ3v) is 8.46. The number of carbonyl (C=O) groups is 1. The molecule has 1 unspecified atom stereocenters. The molecule has 3 aromatic carbocycles. The number of nitriles is 1. The molecule has 5 rings (SSSR count). The van der Waals surface area contributed by atoms with E-state index in [1.165, 1.54) is 23.1 Å². The number of hydrogen-bond donors (Lipinski definition) is 1. The Morgan fingerprint density at radius 3 is 2.42 bits per heavy atom. The summed E-state index contributed by atoms with van der Waals surface area (Å²) in [7, 11) is 0. The number of rotatable bonds is 6. The first-order valence-corrected chi connectivity index (χ1v) is 14.5. The summed E-state index contributed by atoms with van der Waals surface area (Å²) in [6.45, 7) is 8.09. The summed E-state index contributed by atoms with van der Waals surface area (Å²) < 4.78 is 6.05. The third kappa shape index (κ3) is 5.71. The van der Waals surface area contributed by atoms with Crippen molar-refractivity contribution in [3.63, 3.8) is 0 Å². The van der Waals surface area contributed by atoms with E-state index in [1.54, 1.807) is 24.3 Å². The number of halogens is 2. The lowest BCUT2D eigenvalue weighted by molar-refractivity contribution is -0.384. The number of ether oxygens (including phenoxy) is 1. The minimum Gasteiger partial charge on any atom is -0.489 e. The number of nitrogens with two attached hydrogens (primary N) is 1. The van der Waals surface area contributed by atoms with Crippen LogP contribution in [0, 0.1) is 40.7 Å². The molecule has 0 saturated heterocycles. The van der Waals surface area contributed by atoms with Crippen molar-refractivity contribution in [3.05, 3.63) is 120 Å². The van der Waals surface area contributed by atoms with Gasteiger partial charge in [0.25, 0.3) is 5.69 Å². The average molecular weight is 618 g/mol. The Morgan fingerprint density at radius 2 is 1.77 bits per heavy atom. The molecule has 2 aliphatic rings. The van der Waals surface area contributed by atoms with Crippen molar-refractivity contribution in [3.8, 4) is 11.8 Å². The van der Waals surface area contributed by atoms with Crippen molar-refractivity contribution in [2.45, 2.75) is 53.1 Å². The van der Waals surface area contributed by atoms with Crippen LogP contribution in [0.1, 0.15) is 54.9 Å². The summed E-state index contributed by atoms with van der Waals surface area (Å²) in [6.07, 6.45) is 0.677. The van der Waals surface area contributed by atoms with Gasteiger partial charge in [-0.05, 0) is 78.8 Å². The van der Waals surface area contributed by atoms with Gasteiger partial charge < -0.3 is 10.5 Å². The van der Waals surface area contributed by atoms with E-state index in [4.69, 9.17) is 33.7 Å². The number of anilines is 1. The lowest BCUT2D eigenvalue weighted by atomic mass is 9.68. The number of Topliss-reactive ketones (excluding diaryl/α,β-unsaturated/α-hetero) is 1. The molecule has 0 bridgehead atoms. The molecule has 0 spiro atoms. The van der Waals surface area contributed by atoms with Gasteiger partial charge in [0, 0.05) is 33.8 Å². The number of hydrogen-bond acceptors (Lipinski definition) is 7. The summed E-state index contributed by atoms with van der Waals surface area (Å²) in [5.41, 5.74) is 10.8. The van der Waals surface area contributed by atoms with E-state index in [1.807, 2.05) is 39.8 Å². The molecule has 10 heteroatoms. The number of ketones is 1. The SMILES string of the molecule is Cc1cc(COc2ccc(Cl)cc2)c(C)c(C2C(C#N)=C(N)N(c3ccc(Cl)cc3[N+](=O)[O-])C3=C2C(=O)CC(C)(C)C3)c1. The van der Waals surface area contributed by atoms with Gasteiger partial charge in [0.05, 0.1) is 22.5 Å². The Kier molecular flexibility index (Phi) is 7.99. The highest BCUT2D eigenvalue weighted by molar-refractivity contribution is 6.31. The first-order chi connectivity index (χ1) is 20.3. The van der Waals surface area contributed by atoms with Crippen LogP contribution < -0.4 is 15.4 Å². The van der Waals surface area contributed by atoms with Gasteiger partial charge in [0.1, 0.15) is 23.9 Å². The molecule has 1 aliphatic carbocycles. The fourth-order valence-electron chi connectivity index (χ4n) is 6.03. The third-order valence-electron chi connectivity index (χ3n) is 7.97. The molecule has 1 heterocycles. The normalized spacial score (nSPS) is 17.9. The van der Waals surface area contributed by atoms with Gasteiger partial charge in [0.2, 0.25) is 0 Å². The Hall–Kier alpha value is -4.32. The smallest absolute Gasteiger partial charge is 0.294 e. The zero-order chi connectivity index (χ0) is 31.2. The molecule has 1 atom stereocenters. The molecule has 43 heavy (non-hydrogen) atoms. The molecular weight excluding hydrogens is 587 g/mol. The molecule has 0 radical (unpaired) electrons. The van der Waals surface area contributed by atoms with Crippen LogP contribution in [0.4, 0.5) is 11.4 Å². The average Bonchev–Trinajstić information content (AvgIpc) is 2.93. The zero-order valence-corrected chi connectivity index (χ0v) is 25.7. The topological polar surface area (TPSA) is 122 Å². The number of allylic oxidation sites excluding steroid dienone is 3. The largest absolute Gasteiger partial charge is 0.489 e. The van der Waals surface area contributed by atoms with E-state index in [9.17, 15) is 20.2 Å². The van der Waals surface area contributed by atoms with Crippen LogP contribution in [0.2, 0.25) is 10.0 Å². The van der Waals surface area contributed by atoms with Gasteiger partial charge in [-0.3, -0.25) is 19.8 Å². The molecule has 1 aliphatic heterocycles. The Morgan fingerprint density at radius 1 is 1.09 bits per heavy atom. The second kappa shape index (κ2) is 11.4. The monoisotopic (exact) mass is 616 g/mol. The molecule has 3 aromatic rings. The summed E-state index contributed by atoms with van der Waals surface area (Å²) >= 11 is 12.1.